The molecule has 0 radical (unpaired) electrons. The van der Waals surface area contributed by atoms with Crippen LogP contribution in [0.2, 0.25) is 0 Å². The van der Waals surface area contributed by atoms with E-state index in [9.17, 15) is 29.4 Å². The summed E-state index contributed by atoms with van der Waals surface area (Å²) in [4.78, 5) is 54.8. The number of fused-ring (bicyclic) bond motifs is 1. The van der Waals surface area contributed by atoms with E-state index in [2.05, 4.69) is 20.8 Å². The first-order chi connectivity index (χ1) is 18.6. The molecule has 14 nitrogen and oxygen atoms in total. The number of aliphatic hydroxyl groups excluding tert-OH is 1. The van der Waals surface area contributed by atoms with E-state index in [1.807, 2.05) is 13.8 Å². The number of likely N-dealkylation sites (tertiary alicyclic amines) is 1. The lowest BCUT2D eigenvalue weighted by Gasteiger charge is -2.47. The molecular formula is C24H34N8O6S. The number of carbonyl (C=O) groups is 4. The lowest BCUT2D eigenvalue weighted by atomic mass is 9.73. The first kappa shape index (κ1) is 27.7. The summed E-state index contributed by atoms with van der Waals surface area (Å²) in [6, 6.07) is -1.21. The van der Waals surface area contributed by atoms with Gasteiger partial charge in [-0.15, -0.1) is 16.9 Å². The largest absolute Gasteiger partial charge is 0.477 e. The number of hydrogen-bond donors (Lipinski definition) is 4. The summed E-state index contributed by atoms with van der Waals surface area (Å²) in [5, 5.41) is 33.6. The molecule has 8 atom stereocenters. The van der Waals surface area contributed by atoms with E-state index in [0.29, 0.717) is 30.8 Å². The summed E-state index contributed by atoms with van der Waals surface area (Å²) in [5.41, 5.74) is 6.01. The van der Waals surface area contributed by atoms with E-state index in [4.69, 9.17) is 5.73 Å². The third-order valence-electron chi connectivity index (χ3n) is 8.31. The minimum Gasteiger partial charge on any atom is -0.477 e. The molecular weight excluding hydrogens is 528 g/mol. The number of nitrogens with one attached hydrogen (secondary N) is 1. The summed E-state index contributed by atoms with van der Waals surface area (Å²) in [7, 11) is 0. The van der Waals surface area contributed by atoms with Crippen LogP contribution >= 0.6 is 11.8 Å². The smallest absolute Gasteiger partial charge is 0.353 e. The number of aromatic nitrogens is 4. The van der Waals surface area contributed by atoms with Crippen molar-refractivity contribution in [3.8, 4) is 0 Å². The normalized spacial score (nSPS) is 32.9. The lowest BCUT2D eigenvalue weighted by molar-refractivity contribution is -0.160. The number of nitrogens with two attached hydrogens (primary N) is 1. The molecule has 1 aromatic rings. The number of Topliss-reactive ketones (excluding diaryl/α,β-unsaturated/α-hetero) is 1. The second-order valence-corrected chi connectivity index (χ2v) is 12.4. The van der Waals surface area contributed by atoms with Crippen LogP contribution in [0.15, 0.2) is 16.9 Å². The number of rotatable bonds is 10. The summed E-state index contributed by atoms with van der Waals surface area (Å²) in [5.74, 6) is -2.59. The van der Waals surface area contributed by atoms with Gasteiger partial charge in [-0.1, -0.05) is 13.8 Å². The number of carboxylic acid groups (broad SMARTS) is 1. The number of nitrogens with zero attached hydrogens (tertiary/aromatic N) is 6. The number of hydrogen-bond acceptors (Lipinski definition) is 11. The van der Waals surface area contributed by atoms with Crippen molar-refractivity contribution >= 4 is 35.3 Å². The van der Waals surface area contributed by atoms with Crippen LogP contribution in [-0.4, -0.2) is 113 Å². The van der Waals surface area contributed by atoms with Crippen LogP contribution in [0, 0.1) is 17.8 Å². The Bertz CT molecular complexity index is 1180. The Balaban J connectivity index is 1.23. The predicted octanol–water partition coefficient (Wildman–Crippen LogP) is -1.57. The Morgan fingerprint density at radius 2 is 2.08 bits per heavy atom. The number of ketones is 1. The van der Waals surface area contributed by atoms with Gasteiger partial charge in [0.15, 0.2) is 5.78 Å². The second-order valence-electron chi connectivity index (χ2n) is 11.0. The molecule has 15 heteroatoms. The van der Waals surface area contributed by atoms with Gasteiger partial charge in [0.25, 0.3) is 0 Å². The van der Waals surface area contributed by atoms with Gasteiger partial charge in [-0.05, 0) is 29.2 Å². The minimum atomic E-state index is -1.16. The van der Waals surface area contributed by atoms with E-state index in [-0.39, 0.29) is 78.1 Å². The van der Waals surface area contributed by atoms with Crippen molar-refractivity contribution in [3.63, 3.8) is 0 Å². The molecule has 4 aliphatic rings. The third kappa shape index (κ3) is 5.08. The lowest BCUT2D eigenvalue weighted by Crippen LogP contribution is -2.62. The number of aliphatic hydroxyl groups is 1. The van der Waals surface area contributed by atoms with E-state index in [1.54, 1.807) is 4.90 Å². The van der Waals surface area contributed by atoms with Crippen molar-refractivity contribution in [1.29, 1.82) is 0 Å². The molecule has 0 saturated carbocycles. The van der Waals surface area contributed by atoms with Gasteiger partial charge in [-0.25, -0.2) is 9.48 Å². The van der Waals surface area contributed by atoms with Crippen molar-refractivity contribution in [2.24, 2.45) is 23.5 Å². The minimum absolute atomic E-state index is 0.00611. The summed E-state index contributed by atoms with van der Waals surface area (Å²) < 4.78 is 1.33. The van der Waals surface area contributed by atoms with E-state index < -0.39 is 17.9 Å². The molecule has 5 N–H and O–H groups in total. The number of carboxylic acids is 1. The standard InChI is InChI=1S/C24H34N8O6S/c1-11(3-15(34)8-30-10-27-28-29-30)18-19-12(2)21(20(24(37)38)32(19)23(18)36)39-16-5-17(26-6-16)22(35)31-7-13(25)4-14(31)9-33/h10-14,16-19,26,33H,3-9,25H2,1-2H3,(H,37,38)/t11-,12+,13-,14-,16-,17?,18+,19-/m0/s1. The Kier molecular flexibility index (Phi) is 7.77. The number of amides is 2. The second kappa shape index (κ2) is 10.9. The Morgan fingerprint density at radius 1 is 1.31 bits per heavy atom. The maximum atomic E-state index is 13.2. The highest BCUT2D eigenvalue weighted by molar-refractivity contribution is 8.03. The van der Waals surface area contributed by atoms with E-state index >= 15 is 0 Å². The van der Waals surface area contributed by atoms with Crippen molar-refractivity contribution in [2.75, 3.05) is 19.7 Å². The van der Waals surface area contributed by atoms with Crippen LogP contribution in [0.3, 0.4) is 0 Å². The fourth-order valence-corrected chi connectivity index (χ4v) is 7.99. The average molecular weight is 563 g/mol. The molecule has 1 unspecified atom stereocenters. The predicted molar refractivity (Wildman–Crippen MR) is 138 cm³/mol. The molecule has 0 aromatic carbocycles. The molecule has 5 rings (SSSR count). The Morgan fingerprint density at radius 3 is 2.74 bits per heavy atom. The zero-order chi connectivity index (χ0) is 28.0. The van der Waals surface area contributed by atoms with E-state index in [1.165, 1.54) is 27.7 Å². The maximum absolute atomic E-state index is 13.2. The van der Waals surface area contributed by atoms with Gasteiger partial charge in [0.05, 0.1) is 30.7 Å². The van der Waals surface area contributed by atoms with Crippen molar-refractivity contribution in [1.82, 2.24) is 35.3 Å². The molecule has 2 amide bonds. The van der Waals surface area contributed by atoms with Crippen molar-refractivity contribution < 1.29 is 29.4 Å². The molecule has 1 aromatic heterocycles. The fraction of sp³-hybridized carbons (Fsp3) is 0.708. The molecule has 3 saturated heterocycles. The topological polar surface area (TPSA) is 197 Å². The monoisotopic (exact) mass is 562 g/mol. The molecule has 0 spiro atoms. The first-order valence-electron chi connectivity index (χ1n) is 13.2. The number of carbonyl (C=O) groups excluding carboxylic acids is 3. The van der Waals surface area contributed by atoms with Gasteiger partial charge >= 0.3 is 5.97 Å². The Labute approximate surface area is 229 Å². The number of tetrazole rings is 1. The molecule has 0 bridgehead atoms. The number of thioether (sulfide) groups is 1. The van der Waals surface area contributed by atoms with Crippen LogP contribution < -0.4 is 11.1 Å². The van der Waals surface area contributed by atoms with Crippen LogP contribution in [0.5, 0.6) is 0 Å². The van der Waals surface area contributed by atoms with Gasteiger partial charge in [0.2, 0.25) is 11.8 Å². The van der Waals surface area contributed by atoms with Crippen molar-refractivity contribution in [2.45, 2.75) is 69.1 Å². The fourth-order valence-electron chi connectivity index (χ4n) is 6.51. The zero-order valence-electron chi connectivity index (χ0n) is 21.8. The molecule has 212 valence electrons. The van der Waals surface area contributed by atoms with Crippen LogP contribution in [0.4, 0.5) is 0 Å². The number of β-lactam (4-membered cyclic amide) rings is 1. The summed E-state index contributed by atoms with van der Waals surface area (Å²) in [6.07, 6.45) is 2.57. The highest BCUT2D eigenvalue weighted by atomic mass is 32.2. The SMILES string of the molecule is C[C@@H](CC(=O)Cn1cnnn1)[C@H]1C(=O)N2C(C(=O)O)=C(S[C@@H]3CNC(C(=O)N4C[C@@H](N)C[C@H]4CO)C3)[C@H](C)[C@@H]12. The molecule has 3 fully saturated rings. The summed E-state index contributed by atoms with van der Waals surface area (Å²) in [6.45, 7) is 4.56. The van der Waals surface area contributed by atoms with Gasteiger partial charge in [-0.3, -0.25) is 14.4 Å². The number of aliphatic carboxylic acids is 1. The van der Waals surface area contributed by atoms with E-state index in [0.717, 1.165) is 0 Å². The maximum Gasteiger partial charge on any atom is 0.353 e. The van der Waals surface area contributed by atoms with Gasteiger partial charge < -0.3 is 31.1 Å². The molecule has 5 heterocycles. The van der Waals surface area contributed by atoms with Crippen LogP contribution in [-0.2, 0) is 25.7 Å². The quantitative estimate of drug-likeness (QED) is 0.239. The van der Waals surface area contributed by atoms with Crippen molar-refractivity contribution in [3.05, 3.63) is 16.9 Å². The highest BCUT2D eigenvalue weighted by Gasteiger charge is 2.60. The molecule has 39 heavy (non-hydrogen) atoms. The van der Waals surface area contributed by atoms with Gasteiger partial charge in [0, 0.05) is 41.6 Å². The van der Waals surface area contributed by atoms with Gasteiger partial charge in [-0.2, -0.15) is 0 Å². The average Bonchev–Trinajstić information content (AvgIpc) is 3.67. The Hall–Kier alpha value is -2.88. The summed E-state index contributed by atoms with van der Waals surface area (Å²) >= 11 is 1.42. The van der Waals surface area contributed by atoms with Crippen LogP contribution in [0.1, 0.15) is 33.1 Å². The molecule has 4 aliphatic heterocycles. The third-order valence-corrected chi connectivity index (χ3v) is 9.82. The van der Waals surface area contributed by atoms with Gasteiger partial charge in [0.1, 0.15) is 18.6 Å². The zero-order valence-corrected chi connectivity index (χ0v) is 22.7. The highest BCUT2D eigenvalue weighted by Crippen LogP contribution is 2.53. The van der Waals surface area contributed by atoms with Crippen LogP contribution in [0.25, 0.3) is 0 Å². The first-order valence-corrected chi connectivity index (χ1v) is 14.1. The molecule has 0 aliphatic carbocycles.